The maximum Gasteiger partial charge on any atom is 0.315 e. The van der Waals surface area contributed by atoms with Gasteiger partial charge < -0.3 is 10.6 Å². The van der Waals surface area contributed by atoms with Gasteiger partial charge in [-0.25, -0.2) is 0 Å². The van der Waals surface area contributed by atoms with Crippen molar-refractivity contribution >= 4 is 17.1 Å². The third-order valence-corrected chi connectivity index (χ3v) is 3.94. The maximum absolute atomic E-state index is 11.3. The Labute approximate surface area is 113 Å². The number of rotatable bonds is 4. The highest BCUT2D eigenvalue weighted by atomic mass is 16.6. The molecule has 0 aliphatic heterocycles. The largest absolute Gasteiger partial charge is 0.382 e. The second kappa shape index (κ2) is 5.91. The Kier molecular flexibility index (Phi) is 4.24. The Balaban J connectivity index is 2.26. The van der Waals surface area contributed by atoms with Gasteiger partial charge in [-0.2, -0.15) is 0 Å². The Morgan fingerprint density at radius 1 is 1.26 bits per heavy atom. The smallest absolute Gasteiger partial charge is 0.315 e. The van der Waals surface area contributed by atoms with E-state index in [1.54, 1.807) is 19.2 Å². The van der Waals surface area contributed by atoms with Crippen molar-refractivity contribution in [2.24, 2.45) is 5.92 Å². The number of nitrogens with one attached hydrogen (secondary N) is 2. The molecule has 1 aliphatic rings. The van der Waals surface area contributed by atoms with Gasteiger partial charge in [-0.1, -0.05) is 25.8 Å². The molecule has 0 bridgehead atoms. The molecule has 0 radical (unpaired) electrons. The monoisotopic (exact) mass is 263 g/mol. The molecule has 0 aromatic heterocycles. The fourth-order valence-corrected chi connectivity index (χ4v) is 2.79. The average molecular weight is 263 g/mol. The third kappa shape index (κ3) is 2.97. The van der Waals surface area contributed by atoms with E-state index >= 15 is 0 Å². The molecular formula is C14H21N3O2. The minimum atomic E-state index is -0.318. The van der Waals surface area contributed by atoms with Crippen LogP contribution in [0.3, 0.4) is 0 Å². The lowest BCUT2D eigenvalue weighted by atomic mass is 9.86. The molecule has 19 heavy (non-hydrogen) atoms. The summed E-state index contributed by atoms with van der Waals surface area (Å²) in [7, 11) is 1.70. The van der Waals surface area contributed by atoms with Gasteiger partial charge in [0, 0.05) is 13.1 Å². The second-order valence-electron chi connectivity index (χ2n) is 5.22. The molecule has 0 heterocycles. The van der Waals surface area contributed by atoms with Crippen molar-refractivity contribution in [1.29, 1.82) is 0 Å². The number of hydrogen-bond donors (Lipinski definition) is 2. The first-order chi connectivity index (χ1) is 9.13. The van der Waals surface area contributed by atoms with Gasteiger partial charge in [0.05, 0.1) is 4.92 Å². The fraction of sp³-hybridized carbons (Fsp3) is 0.571. The van der Waals surface area contributed by atoms with E-state index in [9.17, 15) is 10.1 Å². The summed E-state index contributed by atoms with van der Waals surface area (Å²) in [6.07, 6.45) is 4.73. The first-order valence-electron chi connectivity index (χ1n) is 6.85. The molecular weight excluding hydrogens is 242 g/mol. The molecule has 1 aromatic rings. The molecule has 1 aromatic carbocycles. The van der Waals surface area contributed by atoms with Gasteiger partial charge in [-0.05, 0) is 30.9 Å². The van der Waals surface area contributed by atoms with Crippen LogP contribution in [0.1, 0.15) is 32.6 Å². The summed E-state index contributed by atoms with van der Waals surface area (Å²) in [5.41, 5.74) is 1.32. The summed E-state index contributed by atoms with van der Waals surface area (Å²) in [5.74, 6) is 0.562. The molecule has 1 fully saturated rings. The normalized spacial score (nSPS) is 22.8. The molecule has 0 saturated heterocycles. The number of benzene rings is 1. The van der Waals surface area contributed by atoms with Crippen LogP contribution in [-0.4, -0.2) is 18.0 Å². The standard InChI is InChI=1S/C14H21N3O2/c1-10-6-3-4-7-11(10)16-13-9-5-8-12(15-2)14(13)17(18)19/h5,8-11,15-16H,3-4,6-7H2,1-2H3. The van der Waals surface area contributed by atoms with E-state index < -0.39 is 0 Å². The second-order valence-corrected chi connectivity index (χ2v) is 5.22. The van der Waals surface area contributed by atoms with Crippen molar-refractivity contribution < 1.29 is 4.92 Å². The lowest BCUT2D eigenvalue weighted by Gasteiger charge is -2.30. The lowest BCUT2D eigenvalue weighted by molar-refractivity contribution is -0.383. The van der Waals surface area contributed by atoms with E-state index in [0.29, 0.717) is 23.3 Å². The van der Waals surface area contributed by atoms with Gasteiger partial charge >= 0.3 is 5.69 Å². The van der Waals surface area contributed by atoms with Gasteiger partial charge in [0.15, 0.2) is 0 Å². The highest BCUT2D eigenvalue weighted by molar-refractivity contribution is 5.76. The number of nitro benzene ring substituents is 1. The van der Waals surface area contributed by atoms with Crippen LogP contribution in [0.4, 0.5) is 17.1 Å². The van der Waals surface area contributed by atoms with Crippen molar-refractivity contribution in [2.45, 2.75) is 38.6 Å². The summed E-state index contributed by atoms with van der Waals surface area (Å²) >= 11 is 0. The van der Waals surface area contributed by atoms with Crippen molar-refractivity contribution in [3.05, 3.63) is 28.3 Å². The van der Waals surface area contributed by atoms with Crippen LogP contribution < -0.4 is 10.6 Å². The number of para-hydroxylation sites is 1. The minimum Gasteiger partial charge on any atom is -0.382 e. The van der Waals surface area contributed by atoms with E-state index in [4.69, 9.17) is 0 Å². The number of anilines is 2. The zero-order chi connectivity index (χ0) is 13.8. The number of nitro groups is 1. The Bertz CT molecular complexity index is 462. The Morgan fingerprint density at radius 3 is 2.58 bits per heavy atom. The van der Waals surface area contributed by atoms with Crippen molar-refractivity contribution in [3.63, 3.8) is 0 Å². The van der Waals surface area contributed by atoms with Crippen LogP contribution in [0, 0.1) is 16.0 Å². The highest BCUT2D eigenvalue weighted by Gasteiger charge is 2.25. The zero-order valence-electron chi connectivity index (χ0n) is 11.5. The van der Waals surface area contributed by atoms with Crippen molar-refractivity contribution in [1.82, 2.24) is 0 Å². The van der Waals surface area contributed by atoms with E-state index in [-0.39, 0.29) is 10.6 Å². The van der Waals surface area contributed by atoms with Crippen LogP contribution in [0.5, 0.6) is 0 Å². The van der Waals surface area contributed by atoms with Gasteiger partial charge in [-0.15, -0.1) is 0 Å². The van der Waals surface area contributed by atoms with Gasteiger partial charge in [-0.3, -0.25) is 10.1 Å². The van der Waals surface area contributed by atoms with Crippen LogP contribution >= 0.6 is 0 Å². The molecule has 2 atom stereocenters. The lowest BCUT2D eigenvalue weighted by Crippen LogP contribution is -2.30. The minimum absolute atomic E-state index is 0.141. The molecule has 1 saturated carbocycles. The molecule has 2 N–H and O–H groups in total. The predicted molar refractivity (Wildman–Crippen MR) is 77.7 cm³/mol. The van der Waals surface area contributed by atoms with E-state index in [1.807, 2.05) is 6.07 Å². The van der Waals surface area contributed by atoms with Crippen molar-refractivity contribution in [3.8, 4) is 0 Å². The van der Waals surface area contributed by atoms with Gasteiger partial charge in [0.1, 0.15) is 11.4 Å². The molecule has 2 rings (SSSR count). The van der Waals surface area contributed by atoms with E-state index in [0.717, 1.165) is 6.42 Å². The molecule has 0 amide bonds. The molecule has 5 nitrogen and oxygen atoms in total. The molecule has 104 valence electrons. The molecule has 2 unspecified atom stereocenters. The molecule has 5 heteroatoms. The summed E-state index contributed by atoms with van der Waals surface area (Å²) in [5, 5.41) is 17.5. The van der Waals surface area contributed by atoms with Crippen LogP contribution in [-0.2, 0) is 0 Å². The van der Waals surface area contributed by atoms with E-state index in [1.165, 1.54) is 19.3 Å². The molecule has 1 aliphatic carbocycles. The number of nitrogens with zero attached hydrogens (tertiary/aromatic N) is 1. The van der Waals surface area contributed by atoms with Crippen molar-refractivity contribution in [2.75, 3.05) is 17.7 Å². The van der Waals surface area contributed by atoms with Gasteiger partial charge in [0.2, 0.25) is 0 Å². The third-order valence-electron chi connectivity index (χ3n) is 3.94. The fourth-order valence-electron chi connectivity index (χ4n) is 2.79. The predicted octanol–water partition coefficient (Wildman–Crippen LogP) is 3.63. The summed E-state index contributed by atoms with van der Waals surface area (Å²) < 4.78 is 0. The zero-order valence-corrected chi connectivity index (χ0v) is 11.5. The Morgan fingerprint density at radius 2 is 1.95 bits per heavy atom. The Hall–Kier alpha value is -1.78. The highest BCUT2D eigenvalue weighted by Crippen LogP contribution is 2.35. The summed E-state index contributed by atoms with van der Waals surface area (Å²) in [4.78, 5) is 10.9. The molecule has 0 spiro atoms. The SMILES string of the molecule is CNc1cccc(NC2CCCCC2C)c1[N+](=O)[O-]. The summed E-state index contributed by atoms with van der Waals surface area (Å²) in [6.45, 7) is 2.21. The first kappa shape index (κ1) is 13.6. The first-order valence-corrected chi connectivity index (χ1v) is 6.85. The average Bonchev–Trinajstić information content (AvgIpc) is 2.40. The quantitative estimate of drug-likeness (QED) is 0.643. The topological polar surface area (TPSA) is 67.2 Å². The summed E-state index contributed by atoms with van der Waals surface area (Å²) in [6, 6.07) is 5.70. The van der Waals surface area contributed by atoms with Crippen LogP contribution in [0.2, 0.25) is 0 Å². The van der Waals surface area contributed by atoms with E-state index in [2.05, 4.69) is 17.6 Å². The van der Waals surface area contributed by atoms with Crippen LogP contribution in [0.25, 0.3) is 0 Å². The number of hydrogen-bond acceptors (Lipinski definition) is 4. The van der Waals surface area contributed by atoms with Gasteiger partial charge in [0.25, 0.3) is 0 Å². The van der Waals surface area contributed by atoms with Crippen LogP contribution in [0.15, 0.2) is 18.2 Å². The maximum atomic E-state index is 11.3.